The number of alkyl carbamates (subject to hydrolysis) is 1. The zero-order chi connectivity index (χ0) is 14.1. The van der Waals surface area contributed by atoms with E-state index in [0.717, 1.165) is 31.4 Å². The van der Waals surface area contributed by atoms with Gasteiger partial charge in [0.1, 0.15) is 5.60 Å². The van der Waals surface area contributed by atoms with Crippen molar-refractivity contribution in [1.82, 2.24) is 10.3 Å². The van der Waals surface area contributed by atoms with E-state index in [1.807, 2.05) is 26.2 Å². The van der Waals surface area contributed by atoms with Crippen molar-refractivity contribution < 1.29 is 9.53 Å². The van der Waals surface area contributed by atoms with Gasteiger partial charge in [-0.25, -0.2) is 9.78 Å². The predicted octanol–water partition coefficient (Wildman–Crippen LogP) is 3.02. The van der Waals surface area contributed by atoms with Gasteiger partial charge in [-0.15, -0.1) is 11.3 Å². The van der Waals surface area contributed by atoms with E-state index >= 15 is 0 Å². The number of thiazole rings is 1. The Morgan fingerprint density at radius 3 is 2.58 bits per heavy atom. The molecule has 1 fully saturated rings. The van der Waals surface area contributed by atoms with Crippen LogP contribution < -0.4 is 11.1 Å². The van der Waals surface area contributed by atoms with Crippen LogP contribution in [0.15, 0.2) is 5.38 Å². The highest BCUT2D eigenvalue weighted by Gasteiger charge is 2.40. The average Bonchev–Trinajstić information content (AvgIpc) is 2.84. The highest BCUT2D eigenvalue weighted by molar-refractivity contribution is 7.13. The van der Waals surface area contributed by atoms with Crippen molar-refractivity contribution >= 4 is 22.6 Å². The largest absolute Gasteiger partial charge is 0.444 e. The van der Waals surface area contributed by atoms with Crippen LogP contribution in [0.5, 0.6) is 0 Å². The molecule has 0 spiro atoms. The van der Waals surface area contributed by atoms with E-state index in [2.05, 4.69) is 10.3 Å². The Hall–Kier alpha value is -1.30. The summed E-state index contributed by atoms with van der Waals surface area (Å²) in [7, 11) is 0. The lowest BCUT2D eigenvalue weighted by Crippen LogP contribution is -2.46. The van der Waals surface area contributed by atoms with Crippen molar-refractivity contribution in [1.29, 1.82) is 0 Å². The zero-order valence-corrected chi connectivity index (χ0v) is 12.5. The summed E-state index contributed by atoms with van der Waals surface area (Å²) in [5, 5.41) is 5.47. The molecule has 5 nitrogen and oxygen atoms in total. The monoisotopic (exact) mass is 283 g/mol. The highest BCUT2D eigenvalue weighted by Crippen LogP contribution is 2.39. The molecule has 106 valence electrons. The predicted molar refractivity (Wildman–Crippen MR) is 76.0 cm³/mol. The lowest BCUT2D eigenvalue weighted by Gasteiger charge is -2.30. The van der Waals surface area contributed by atoms with Crippen LogP contribution in [-0.4, -0.2) is 16.7 Å². The SMILES string of the molecule is CC(C)(C)OC(=O)NC1(c2csc(N)n2)CCCC1. The van der Waals surface area contributed by atoms with Gasteiger partial charge >= 0.3 is 6.09 Å². The fraction of sp³-hybridized carbons (Fsp3) is 0.692. The quantitative estimate of drug-likeness (QED) is 0.874. The summed E-state index contributed by atoms with van der Waals surface area (Å²) in [5.74, 6) is 0. The summed E-state index contributed by atoms with van der Waals surface area (Å²) < 4.78 is 5.35. The van der Waals surface area contributed by atoms with Crippen molar-refractivity contribution in [2.45, 2.75) is 57.6 Å². The molecule has 1 heterocycles. The smallest absolute Gasteiger partial charge is 0.408 e. The minimum atomic E-state index is -0.495. The van der Waals surface area contributed by atoms with Crippen molar-refractivity contribution in [2.24, 2.45) is 0 Å². The normalized spacial score (nSPS) is 18.3. The number of hydrogen-bond acceptors (Lipinski definition) is 5. The van der Waals surface area contributed by atoms with Crippen molar-refractivity contribution in [2.75, 3.05) is 5.73 Å². The van der Waals surface area contributed by atoms with E-state index in [1.165, 1.54) is 11.3 Å². The first-order valence-electron chi connectivity index (χ1n) is 6.53. The first-order valence-corrected chi connectivity index (χ1v) is 7.41. The fourth-order valence-electron chi connectivity index (χ4n) is 2.43. The number of nitrogens with zero attached hydrogens (tertiary/aromatic N) is 1. The Bertz CT molecular complexity index is 459. The van der Waals surface area contributed by atoms with Gasteiger partial charge in [-0.3, -0.25) is 0 Å². The van der Waals surface area contributed by atoms with E-state index in [-0.39, 0.29) is 6.09 Å². The van der Waals surface area contributed by atoms with E-state index in [0.29, 0.717) is 5.13 Å². The van der Waals surface area contributed by atoms with Gasteiger partial charge in [-0.05, 0) is 33.6 Å². The first kappa shape index (κ1) is 14.1. The van der Waals surface area contributed by atoms with Gasteiger partial charge in [-0.2, -0.15) is 0 Å². The number of hydrogen-bond donors (Lipinski definition) is 2. The Kier molecular flexibility index (Phi) is 3.71. The highest BCUT2D eigenvalue weighted by atomic mass is 32.1. The summed E-state index contributed by atoms with van der Waals surface area (Å²) in [6, 6.07) is 0. The maximum atomic E-state index is 12.0. The number of anilines is 1. The molecule has 0 aromatic carbocycles. The van der Waals surface area contributed by atoms with Crippen LogP contribution in [0.4, 0.5) is 9.93 Å². The van der Waals surface area contributed by atoms with Gasteiger partial charge < -0.3 is 15.8 Å². The third kappa shape index (κ3) is 3.37. The van der Waals surface area contributed by atoms with Crippen LogP contribution in [0.3, 0.4) is 0 Å². The number of carbonyl (C=O) groups excluding carboxylic acids is 1. The molecule has 1 aliphatic rings. The molecular formula is C13H21N3O2S. The van der Waals surface area contributed by atoms with Crippen molar-refractivity contribution in [3.05, 3.63) is 11.1 Å². The molecule has 6 heteroatoms. The number of carbonyl (C=O) groups is 1. The topological polar surface area (TPSA) is 77.2 Å². The van der Waals surface area contributed by atoms with Gasteiger partial charge in [0, 0.05) is 5.38 Å². The Labute approximate surface area is 117 Å². The molecule has 0 radical (unpaired) electrons. The zero-order valence-electron chi connectivity index (χ0n) is 11.7. The number of nitrogens with one attached hydrogen (secondary N) is 1. The molecule has 0 bridgehead atoms. The summed E-state index contributed by atoms with van der Waals surface area (Å²) in [4.78, 5) is 16.4. The summed E-state index contributed by atoms with van der Waals surface area (Å²) in [5.41, 5.74) is 5.66. The molecule has 1 aromatic rings. The molecule has 2 rings (SSSR count). The van der Waals surface area contributed by atoms with Crippen LogP contribution in [0, 0.1) is 0 Å². The third-order valence-electron chi connectivity index (χ3n) is 3.21. The van der Waals surface area contributed by atoms with Gasteiger partial charge in [0.25, 0.3) is 0 Å². The van der Waals surface area contributed by atoms with E-state index < -0.39 is 11.1 Å². The number of nitrogen functional groups attached to an aromatic ring is 1. The molecule has 19 heavy (non-hydrogen) atoms. The standard InChI is InChI=1S/C13H21N3O2S/c1-12(2,3)18-11(17)16-13(6-4-5-7-13)9-8-19-10(14)15-9/h8H,4-7H2,1-3H3,(H2,14,15)(H,16,17). The van der Waals surface area contributed by atoms with Crippen LogP contribution in [0.25, 0.3) is 0 Å². The summed E-state index contributed by atoms with van der Waals surface area (Å²) in [6.07, 6.45) is 3.53. The minimum Gasteiger partial charge on any atom is -0.444 e. The Morgan fingerprint density at radius 2 is 2.11 bits per heavy atom. The number of rotatable bonds is 2. The maximum Gasteiger partial charge on any atom is 0.408 e. The molecule has 0 aliphatic heterocycles. The lowest BCUT2D eigenvalue weighted by molar-refractivity contribution is 0.0451. The molecule has 1 aromatic heterocycles. The Balaban J connectivity index is 2.15. The fourth-order valence-corrected chi connectivity index (χ4v) is 3.09. The molecule has 1 saturated carbocycles. The van der Waals surface area contributed by atoms with Crippen LogP contribution in [-0.2, 0) is 10.3 Å². The van der Waals surface area contributed by atoms with E-state index in [9.17, 15) is 4.79 Å². The summed E-state index contributed by atoms with van der Waals surface area (Å²) >= 11 is 1.40. The van der Waals surface area contributed by atoms with Crippen LogP contribution in [0.2, 0.25) is 0 Å². The Morgan fingerprint density at radius 1 is 1.47 bits per heavy atom. The number of ether oxygens (including phenoxy) is 1. The van der Waals surface area contributed by atoms with Gasteiger partial charge in [0.15, 0.2) is 5.13 Å². The molecular weight excluding hydrogens is 262 g/mol. The van der Waals surface area contributed by atoms with Gasteiger partial charge in [-0.1, -0.05) is 12.8 Å². The van der Waals surface area contributed by atoms with E-state index in [4.69, 9.17) is 10.5 Å². The van der Waals surface area contributed by atoms with Crippen LogP contribution in [0.1, 0.15) is 52.1 Å². The second kappa shape index (κ2) is 5.00. The molecule has 1 aliphatic carbocycles. The van der Waals surface area contributed by atoms with Crippen molar-refractivity contribution in [3.63, 3.8) is 0 Å². The molecule has 0 saturated heterocycles. The lowest BCUT2D eigenvalue weighted by atomic mass is 9.94. The number of aromatic nitrogens is 1. The first-order chi connectivity index (χ1) is 8.81. The molecule has 0 unspecified atom stereocenters. The van der Waals surface area contributed by atoms with Crippen molar-refractivity contribution in [3.8, 4) is 0 Å². The molecule has 0 atom stereocenters. The second-order valence-corrected chi connectivity index (χ2v) is 6.88. The van der Waals surface area contributed by atoms with Gasteiger partial charge in [0.05, 0.1) is 11.2 Å². The number of nitrogens with two attached hydrogens (primary N) is 1. The number of amides is 1. The molecule has 3 N–H and O–H groups in total. The third-order valence-corrected chi connectivity index (χ3v) is 3.88. The summed E-state index contributed by atoms with van der Waals surface area (Å²) in [6.45, 7) is 5.57. The maximum absolute atomic E-state index is 12.0. The second-order valence-electron chi connectivity index (χ2n) is 5.99. The van der Waals surface area contributed by atoms with Crippen LogP contribution >= 0.6 is 11.3 Å². The molecule has 1 amide bonds. The van der Waals surface area contributed by atoms with E-state index in [1.54, 1.807) is 0 Å². The van der Waals surface area contributed by atoms with Gasteiger partial charge in [0.2, 0.25) is 0 Å². The average molecular weight is 283 g/mol. The minimum absolute atomic E-state index is 0.388.